The number of ether oxygens (including phenoxy) is 2. The minimum atomic E-state index is -1.03. The van der Waals surface area contributed by atoms with Crippen molar-refractivity contribution in [3.05, 3.63) is 47.9 Å². The van der Waals surface area contributed by atoms with Gasteiger partial charge in [-0.15, -0.1) is 0 Å². The summed E-state index contributed by atoms with van der Waals surface area (Å²) in [5.74, 6) is 0.0151. The highest BCUT2D eigenvalue weighted by molar-refractivity contribution is 5.86. The van der Waals surface area contributed by atoms with Crippen molar-refractivity contribution in [2.24, 2.45) is 0 Å². The molecule has 0 atom stereocenters. The van der Waals surface area contributed by atoms with E-state index >= 15 is 0 Å². The number of aliphatic carboxylic acids is 1. The number of rotatable bonds is 7. The molecule has 110 valence electrons. The average molecular weight is 289 g/mol. The van der Waals surface area contributed by atoms with Crippen LogP contribution in [0.2, 0.25) is 0 Å². The van der Waals surface area contributed by atoms with E-state index in [1.54, 1.807) is 24.4 Å². The molecular formula is C15H15NO5. The van der Waals surface area contributed by atoms with Gasteiger partial charge in [-0.05, 0) is 19.1 Å². The van der Waals surface area contributed by atoms with E-state index in [0.29, 0.717) is 23.7 Å². The maximum absolute atomic E-state index is 10.7. The van der Waals surface area contributed by atoms with Crippen molar-refractivity contribution in [1.29, 1.82) is 0 Å². The number of hydrogen-bond donors (Lipinski definition) is 1. The first kappa shape index (κ1) is 14.6. The summed E-state index contributed by atoms with van der Waals surface area (Å²) in [6.07, 6.45) is 5.55. The molecule has 0 aliphatic rings. The molecule has 2 aromatic rings. The molecule has 0 saturated heterocycles. The molecule has 0 saturated carbocycles. The Morgan fingerprint density at radius 1 is 1.43 bits per heavy atom. The van der Waals surface area contributed by atoms with Gasteiger partial charge in [0.1, 0.15) is 12.9 Å². The summed E-state index contributed by atoms with van der Waals surface area (Å²) in [4.78, 5) is 10.7. The van der Waals surface area contributed by atoms with E-state index in [9.17, 15) is 4.79 Å². The van der Waals surface area contributed by atoms with E-state index in [0.717, 1.165) is 11.6 Å². The highest BCUT2D eigenvalue weighted by Crippen LogP contribution is 2.33. The molecule has 0 aliphatic carbocycles. The molecule has 0 spiro atoms. The Labute approximate surface area is 121 Å². The molecule has 6 nitrogen and oxygen atoms in total. The summed E-state index contributed by atoms with van der Waals surface area (Å²) in [7, 11) is 0. The molecule has 21 heavy (non-hydrogen) atoms. The second-order valence-corrected chi connectivity index (χ2v) is 4.10. The largest absolute Gasteiger partial charge is 0.490 e. The molecule has 0 aliphatic heterocycles. The van der Waals surface area contributed by atoms with Gasteiger partial charge in [-0.25, -0.2) is 4.79 Å². The lowest BCUT2D eigenvalue weighted by molar-refractivity contribution is -0.131. The molecule has 0 bridgehead atoms. The van der Waals surface area contributed by atoms with Crippen LogP contribution >= 0.6 is 0 Å². The summed E-state index contributed by atoms with van der Waals surface area (Å²) >= 11 is 0. The number of hydrogen-bond acceptors (Lipinski definition) is 5. The Morgan fingerprint density at radius 3 is 2.95 bits per heavy atom. The van der Waals surface area contributed by atoms with Gasteiger partial charge in [-0.1, -0.05) is 17.3 Å². The normalized spacial score (nSPS) is 10.7. The maximum Gasteiger partial charge on any atom is 0.328 e. The summed E-state index contributed by atoms with van der Waals surface area (Å²) in [5.41, 5.74) is 1.40. The standard InChI is InChI=1S/C15H15NO5/c1-2-19-13-5-3-4-12(6-7-14(17)18)15(13)20-9-11-8-16-21-10-11/h3-8,10H,2,9H2,1H3,(H,17,18)/b7-6+. The van der Waals surface area contributed by atoms with Gasteiger partial charge >= 0.3 is 5.97 Å². The Morgan fingerprint density at radius 2 is 2.29 bits per heavy atom. The third kappa shape index (κ3) is 4.10. The summed E-state index contributed by atoms with van der Waals surface area (Å²) in [6.45, 7) is 2.60. The summed E-state index contributed by atoms with van der Waals surface area (Å²) < 4.78 is 16.0. The van der Waals surface area contributed by atoms with Gasteiger partial charge in [-0.2, -0.15) is 0 Å². The van der Waals surface area contributed by atoms with Crippen LogP contribution in [0.3, 0.4) is 0 Å². The van der Waals surface area contributed by atoms with Crippen LogP contribution in [0, 0.1) is 0 Å². The molecule has 1 heterocycles. The minimum absolute atomic E-state index is 0.251. The number of aromatic nitrogens is 1. The van der Waals surface area contributed by atoms with Crippen LogP contribution in [-0.4, -0.2) is 22.8 Å². The summed E-state index contributed by atoms with van der Waals surface area (Å²) in [5, 5.41) is 12.3. The predicted octanol–water partition coefficient (Wildman–Crippen LogP) is 2.75. The van der Waals surface area contributed by atoms with E-state index in [4.69, 9.17) is 19.1 Å². The molecule has 0 amide bonds. The fraction of sp³-hybridized carbons (Fsp3) is 0.200. The molecule has 0 radical (unpaired) electrons. The van der Waals surface area contributed by atoms with E-state index in [1.807, 2.05) is 6.92 Å². The number of carboxylic acid groups (broad SMARTS) is 1. The monoisotopic (exact) mass is 289 g/mol. The Balaban J connectivity index is 2.26. The third-order valence-corrected chi connectivity index (χ3v) is 2.58. The smallest absolute Gasteiger partial charge is 0.328 e. The first-order valence-corrected chi connectivity index (χ1v) is 6.38. The van der Waals surface area contributed by atoms with Gasteiger partial charge in [-0.3, -0.25) is 0 Å². The van der Waals surface area contributed by atoms with Gasteiger partial charge in [0.05, 0.1) is 12.8 Å². The molecule has 0 fully saturated rings. The van der Waals surface area contributed by atoms with Crippen LogP contribution in [-0.2, 0) is 11.4 Å². The highest BCUT2D eigenvalue weighted by atomic mass is 16.5. The van der Waals surface area contributed by atoms with Gasteiger partial charge in [0, 0.05) is 17.2 Å². The molecule has 1 aromatic carbocycles. The lowest BCUT2D eigenvalue weighted by Crippen LogP contribution is -2.01. The molecular weight excluding hydrogens is 274 g/mol. The van der Waals surface area contributed by atoms with Crippen molar-refractivity contribution in [3.8, 4) is 11.5 Å². The van der Waals surface area contributed by atoms with Crippen molar-refractivity contribution in [2.75, 3.05) is 6.61 Å². The zero-order valence-electron chi connectivity index (χ0n) is 11.5. The summed E-state index contributed by atoms with van der Waals surface area (Å²) in [6, 6.07) is 5.30. The number of carboxylic acids is 1. The second kappa shape index (κ2) is 7.14. The second-order valence-electron chi connectivity index (χ2n) is 4.10. The Kier molecular flexibility index (Phi) is 4.98. The van der Waals surface area contributed by atoms with E-state index in [1.165, 1.54) is 12.3 Å². The molecule has 1 N–H and O–H groups in total. The maximum atomic E-state index is 10.7. The lowest BCUT2D eigenvalue weighted by atomic mass is 10.1. The topological polar surface area (TPSA) is 81.8 Å². The first-order chi connectivity index (χ1) is 10.2. The first-order valence-electron chi connectivity index (χ1n) is 6.38. The average Bonchev–Trinajstić information content (AvgIpc) is 2.97. The Bertz CT molecular complexity index is 619. The third-order valence-electron chi connectivity index (χ3n) is 2.58. The van der Waals surface area contributed by atoms with Gasteiger partial charge in [0.25, 0.3) is 0 Å². The van der Waals surface area contributed by atoms with Gasteiger partial charge in [0.2, 0.25) is 0 Å². The molecule has 1 aromatic heterocycles. The SMILES string of the molecule is CCOc1cccc(/C=C/C(=O)O)c1OCc1cnoc1. The van der Waals surface area contributed by atoms with E-state index < -0.39 is 5.97 Å². The lowest BCUT2D eigenvalue weighted by Gasteiger charge is -2.13. The number of carbonyl (C=O) groups is 1. The van der Waals surface area contributed by atoms with Crippen LogP contribution in [0.1, 0.15) is 18.1 Å². The van der Waals surface area contributed by atoms with Crippen LogP contribution in [0.15, 0.2) is 41.3 Å². The quantitative estimate of drug-likeness (QED) is 0.789. The van der Waals surface area contributed by atoms with Crippen molar-refractivity contribution in [2.45, 2.75) is 13.5 Å². The molecule has 0 unspecified atom stereocenters. The zero-order valence-corrected chi connectivity index (χ0v) is 11.5. The Hall–Kier alpha value is -2.76. The number of nitrogens with zero attached hydrogens (tertiary/aromatic N) is 1. The van der Waals surface area contributed by atoms with Crippen LogP contribution in [0.5, 0.6) is 11.5 Å². The zero-order chi connectivity index (χ0) is 15.1. The minimum Gasteiger partial charge on any atom is -0.490 e. The fourth-order valence-corrected chi connectivity index (χ4v) is 1.70. The van der Waals surface area contributed by atoms with Crippen LogP contribution in [0.25, 0.3) is 6.08 Å². The molecule has 2 rings (SSSR count). The van der Waals surface area contributed by atoms with Crippen molar-refractivity contribution < 1.29 is 23.9 Å². The van der Waals surface area contributed by atoms with Crippen molar-refractivity contribution >= 4 is 12.0 Å². The van der Waals surface area contributed by atoms with Crippen LogP contribution in [0.4, 0.5) is 0 Å². The highest BCUT2D eigenvalue weighted by Gasteiger charge is 2.10. The van der Waals surface area contributed by atoms with Gasteiger partial charge < -0.3 is 19.1 Å². The number of benzene rings is 1. The fourth-order valence-electron chi connectivity index (χ4n) is 1.70. The van der Waals surface area contributed by atoms with Crippen LogP contribution < -0.4 is 9.47 Å². The van der Waals surface area contributed by atoms with E-state index in [-0.39, 0.29) is 6.61 Å². The van der Waals surface area contributed by atoms with Crippen molar-refractivity contribution in [3.63, 3.8) is 0 Å². The number of para-hydroxylation sites is 1. The molecule has 6 heteroatoms. The van der Waals surface area contributed by atoms with Gasteiger partial charge in [0.15, 0.2) is 11.5 Å². The predicted molar refractivity (Wildman–Crippen MR) is 75.1 cm³/mol. The van der Waals surface area contributed by atoms with E-state index in [2.05, 4.69) is 5.16 Å². The van der Waals surface area contributed by atoms with Crippen molar-refractivity contribution in [1.82, 2.24) is 5.16 Å².